The van der Waals surface area contributed by atoms with E-state index in [1.54, 1.807) is 28.6 Å². The number of piperidine rings is 1. The first-order chi connectivity index (χ1) is 9.86. The third-order valence-electron chi connectivity index (χ3n) is 4.56. The van der Waals surface area contributed by atoms with Crippen LogP contribution in [0.3, 0.4) is 0 Å². The van der Waals surface area contributed by atoms with Crippen LogP contribution in [0.15, 0.2) is 29.2 Å². The highest BCUT2D eigenvalue weighted by atomic mass is 32.2. The fraction of sp³-hybridized carbons (Fsp3) is 0.625. The maximum Gasteiger partial charge on any atom is 0.243 e. The molecule has 0 aromatic heterocycles. The van der Waals surface area contributed by atoms with Crippen LogP contribution >= 0.6 is 0 Å². The largest absolute Gasteiger partial charge is 0.388 e. The number of rotatable bonds is 4. The molecule has 1 heterocycles. The predicted molar refractivity (Wildman–Crippen MR) is 83.4 cm³/mol. The van der Waals surface area contributed by atoms with Gasteiger partial charge in [0.1, 0.15) is 0 Å². The standard InChI is InChI=1S/C16H25NO3S/c1-4-16(18)14-6-5-7-15(10-14)21(19,20)17-9-8-12(2)13(3)11-17/h5-7,10,12-13,16,18H,4,8-9,11H2,1-3H3. The van der Waals surface area contributed by atoms with Crippen molar-refractivity contribution < 1.29 is 13.5 Å². The maximum absolute atomic E-state index is 12.7. The van der Waals surface area contributed by atoms with Crippen LogP contribution in [0, 0.1) is 11.8 Å². The summed E-state index contributed by atoms with van der Waals surface area (Å²) in [4.78, 5) is 0.286. The summed E-state index contributed by atoms with van der Waals surface area (Å²) in [6, 6.07) is 6.70. The zero-order valence-electron chi connectivity index (χ0n) is 13.0. The highest BCUT2D eigenvalue weighted by Gasteiger charge is 2.31. The van der Waals surface area contributed by atoms with Crippen LogP contribution in [0.2, 0.25) is 0 Å². The molecule has 4 nitrogen and oxygen atoms in total. The van der Waals surface area contributed by atoms with Crippen LogP contribution in [0.1, 0.15) is 45.3 Å². The monoisotopic (exact) mass is 311 g/mol. The van der Waals surface area contributed by atoms with Gasteiger partial charge in [-0.1, -0.05) is 32.9 Å². The Morgan fingerprint density at radius 3 is 2.67 bits per heavy atom. The fourth-order valence-corrected chi connectivity index (χ4v) is 4.32. The third kappa shape index (κ3) is 3.47. The average molecular weight is 311 g/mol. The highest BCUT2D eigenvalue weighted by molar-refractivity contribution is 7.89. The topological polar surface area (TPSA) is 57.6 Å². The van der Waals surface area contributed by atoms with Crippen molar-refractivity contribution in [2.75, 3.05) is 13.1 Å². The van der Waals surface area contributed by atoms with Gasteiger partial charge in [-0.2, -0.15) is 4.31 Å². The van der Waals surface area contributed by atoms with Crippen LogP contribution in [-0.2, 0) is 10.0 Å². The SMILES string of the molecule is CCC(O)c1cccc(S(=O)(=O)N2CCC(C)C(C)C2)c1. The van der Waals surface area contributed by atoms with Crippen molar-refractivity contribution in [3.8, 4) is 0 Å². The molecule has 3 unspecified atom stereocenters. The number of nitrogens with zero attached hydrogens (tertiary/aromatic N) is 1. The predicted octanol–water partition coefficient (Wildman–Crippen LogP) is 2.80. The van der Waals surface area contributed by atoms with Crippen molar-refractivity contribution in [3.05, 3.63) is 29.8 Å². The fourth-order valence-electron chi connectivity index (χ4n) is 2.71. The molecule has 1 aliphatic heterocycles. The van der Waals surface area contributed by atoms with E-state index in [0.29, 0.717) is 36.9 Å². The minimum Gasteiger partial charge on any atom is -0.388 e. The minimum atomic E-state index is -3.46. The quantitative estimate of drug-likeness (QED) is 0.930. The van der Waals surface area contributed by atoms with E-state index in [9.17, 15) is 13.5 Å². The second-order valence-electron chi connectivity index (χ2n) is 6.10. The summed E-state index contributed by atoms with van der Waals surface area (Å²) in [6.07, 6.45) is 0.861. The number of benzene rings is 1. The zero-order valence-corrected chi connectivity index (χ0v) is 13.8. The first-order valence-electron chi connectivity index (χ1n) is 7.64. The highest BCUT2D eigenvalue weighted by Crippen LogP contribution is 2.28. The van der Waals surface area contributed by atoms with Crippen molar-refractivity contribution in [3.63, 3.8) is 0 Å². The maximum atomic E-state index is 12.7. The summed E-state index contributed by atoms with van der Waals surface area (Å²) in [5.74, 6) is 0.933. The first kappa shape index (κ1) is 16.5. The number of hydrogen-bond acceptors (Lipinski definition) is 3. The Bertz CT molecular complexity index is 585. The van der Waals surface area contributed by atoms with E-state index in [2.05, 4.69) is 13.8 Å². The Kier molecular flexibility index (Phi) is 5.07. The lowest BCUT2D eigenvalue weighted by molar-refractivity contribution is 0.173. The smallest absolute Gasteiger partial charge is 0.243 e. The number of aliphatic hydroxyl groups is 1. The number of hydrogen-bond donors (Lipinski definition) is 1. The van der Waals surface area contributed by atoms with Crippen molar-refractivity contribution >= 4 is 10.0 Å². The molecule has 0 spiro atoms. The Morgan fingerprint density at radius 1 is 1.33 bits per heavy atom. The molecule has 1 aromatic rings. The molecular formula is C16H25NO3S. The summed E-state index contributed by atoms with van der Waals surface area (Å²) >= 11 is 0. The van der Waals surface area contributed by atoms with Gasteiger partial charge < -0.3 is 5.11 Å². The molecular weight excluding hydrogens is 286 g/mol. The van der Waals surface area contributed by atoms with Crippen LogP contribution in [0.25, 0.3) is 0 Å². The minimum absolute atomic E-state index is 0.286. The van der Waals surface area contributed by atoms with Crippen molar-refractivity contribution in [1.82, 2.24) is 4.31 Å². The molecule has 2 rings (SSSR count). The molecule has 0 amide bonds. The number of sulfonamides is 1. The molecule has 1 fully saturated rings. The van der Waals surface area contributed by atoms with Gasteiger partial charge in [0.05, 0.1) is 11.0 Å². The second-order valence-corrected chi connectivity index (χ2v) is 8.04. The summed E-state index contributed by atoms with van der Waals surface area (Å²) < 4.78 is 27.1. The van der Waals surface area contributed by atoms with E-state index in [1.165, 1.54) is 0 Å². The second kappa shape index (κ2) is 6.46. The average Bonchev–Trinajstić information content (AvgIpc) is 2.49. The van der Waals surface area contributed by atoms with Crippen LogP contribution < -0.4 is 0 Å². The van der Waals surface area contributed by atoms with Gasteiger partial charge in [0, 0.05) is 13.1 Å². The lowest BCUT2D eigenvalue weighted by Gasteiger charge is -2.34. The zero-order chi connectivity index (χ0) is 15.6. The molecule has 1 N–H and O–H groups in total. The van der Waals surface area contributed by atoms with E-state index in [-0.39, 0.29) is 4.90 Å². The summed E-state index contributed by atoms with van der Waals surface area (Å²) in [5.41, 5.74) is 0.664. The molecule has 1 aromatic carbocycles. The van der Waals surface area contributed by atoms with Crippen LogP contribution in [0.5, 0.6) is 0 Å². The molecule has 0 radical (unpaired) electrons. The van der Waals surface area contributed by atoms with Gasteiger partial charge in [-0.3, -0.25) is 0 Å². The molecule has 21 heavy (non-hydrogen) atoms. The Labute approximate surface area is 127 Å². The molecule has 0 bridgehead atoms. The summed E-state index contributed by atoms with van der Waals surface area (Å²) in [6.45, 7) is 7.30. The molecule has 1 saturated heterocycles. The lowest BCUT2D eigenvalue weighted by atomic mass is 9.90. The molecule has 1 aliphatic rings. The van der Waals surface area contributed by atoms with Crippen LogP contribution in [0.4, 0.5) is 0 Å². The van der Waals surface area contributed by atoms with Gasteiger partial charge in [-0.05, 0) is 42.4 Å². The Hall–Kier alpha value is -0.910. The first-order valence-corrected chi connectivity index (χ1v) is 9.08. The molecule has 3 atom stereocenters. The summed E-state index contributed by atoms with van der Waals surface area (Å²) in [7, 11) is -3.46. The summed E-state index contributed by atoms with van der Waals surface area (Å²) in [5, 5.41) is 9.90. The van der Waals surface area contributed by atoms with Gasteiger partial charge in [0.25, 0.3) is 0 Å². The van der Waals surface area contributed by atoms with E-state index < -0.39 is 16.1 Å². The van der Waals surface area contributed by atoms with E-state index in [0.717, 1.165) is 6.42 Å². The molecule has 0 saturated carbocycles. The Morgan fingerprint density at radius 2 is 2.05 bits per heavy atom. The van der Waals surface area contributed by atoms with Crippen molar-refractivity contribution in [1.29, 1.82) is 0 Å². The normalized spacial score (nSPS) is 25.7. The van der Waals surface area contributed by atoms with Crippen molar-refractivity contribution in [2.45, 2.75) is 44.6 Å². The Balaban J connectivity index is 2.27. The van der Waals surface area contributed by atoms with Gasteiger partial charge in [0.15, 0.2) is 0 Å². The lowest BCUT2D eigenvalue weighted by Crippen LogP contribution is -2.42. The van der Waals surface area contributed by atoms with E-state index >= 15 is 0 Å². The number of aliphatic hydroxyl groups excluding tert-OH is 1. The van der Waals surface area contributed by atoms with Crippen molar-refractivity contribution in [2.24, 2.45) is 11.8 Å². The van der Waals surface area contributed by atoms with Crippen LogP contribution in [-0.4, -0.2) is 30.9 Å². The van der Waals surface area contributed by atoms with E-state index in [4.69, 9.17) is 0 Å². The van der Waals surface area contributed by atoms with Gasteiger partial charge in [0.2, 0.25) is 10.0 Å². The van der Waals surface area contributed by atoms with Gasteiger partial charge >= 0.3 is 0 Å². The molecule has 0 aliphatic carbocycles. The van der Waals surface area contributed by atoms with Gasteiger partial charge in [-0.15, -0.1) is 0 Å². The van der Waals surface area contributed by atoms with Gasteiger partial charge in [-0.25, -0.2) is 8.42 Å². The molecule has 5 heteroatoms. The third-order valence-corrected chi connectivity index (χ3v) is 6.43. The molecule has 118 valence electrons. The van der Waals surface area contributed by atoms with E-state index in [1.807, 2.05) is 6.92 Å².